The minimum Gasteiger partial charge on any atom is -0.147 e. The van der Waals surface area contributed by atoms with Crippen molar-refractivity contribution in [2.45, 2.75) is 0 Å². The van der Waals surface area contributed by atoms with E-state index in [1.807, 2.05) is 24.3 Å². The zero-order valence-electron chi connectivity index (χ0n) is 5.64. The van der Waals surface area contributed by atoms with Crippen molar-refractivity contribution in [2.75, 3.05) is 0 Å². The van der Waals surface area contributed by atoms with Gasteiger partial charge in [-0.05, 0) is 11.3 Å². The van der Waals surface area contributed by atoms with Gasteiger partial charge in [-0.25, -0.2) is 0 Å². The second-order valence-electron chi connectivity index (χ2n) is 1.99. The minimum absolute atomic E-state index is 0. The van der Waals surface area contributed by atoms with E-state index in [9.17, 15) is 0 Å². The topological polar surface area (TPSA) is 38.7 Å². The van der Waals surface area contributed by atoms with E-state index in [4.69, 9.17) is 0 Å². The summed E-state index contributed by atoms with van der Waals surface area (Å²) in [4.78, 5) is 0. The summed E-state index contributed by atoms with van der Waals surface area (Å²) in [5, 5.41) is 12.0. The third-order valence-corrected chi connectivity index (χ3v) is 1.34. The fourth-order valence-corrected chi connectivity index (χ4v) is 0.850. The smallest absolute Gasteiger partial charge is 0.0963 e. The van der Waals surface area contributed by atoms with E-state index in [1.54, 1.807) is 6.20 Å². The van der Waals surface area contributed by atoms with Crippen molar-refractivity contribution in [2.24, 2.45) is 0 Å². The number of benzene rings is 1. The fourth-order valence-electron chi connectivity index (χ4n) is 0.850. The van der Waals surface area contributed by atoms with E-state index < -0.39 is 0 Å². The molecule has 0 N–H and O–H groups in total. The highest BCUT2D eigenvalue weighted by molar-refractivity contribution is 5.85. The molecule has 0 aliphatic carbocycles. The van der Waals surface area contributed by atoms with Gasteiger partial charge in [0.1, 0.15) is 0 Å². The first kappa shape index (κ1) is 7.88. The van der Waals surface area contributed by atoms with Crippen LogP contribution in [0.5, 0.6) is 0 Å². The van der Waals surface area contributed by atoms with E-state index in [0.29, 0.717) is 0 Å². The molecule has 0 atom stereocenters. The normalized spacial score (nSPS) is 9.09. The number of fused-ring (bicyclic) bond motifs is 1. The van der Waals surface area contributed by atoms with Crippen LogP contribution in [-0.2, 0) is 0 Å². The van der Waals surface area contributed by atoms with E-state index in [1.165, 1.54) is 0 Å². The molecule has 0 saturated heterocycles. The molecule has 0 unspecified atom stereocenters. The second kappa shape index (κ2) is 3.25. The lowest BCUT2D eigenvalue weighted by atomic mass is 10.2. The highest BCUT2D eigenvalue weighted by Gasteiger charge is 1.88. The lowest BCUT2D eigenvalue weighted by Gasteiger charge is -1.89. The number of rotatable bonds is 0. The van der Waals surface area contributed by atoms with Crippen LogP contribution in [0, 0.1) is 0 Å². The molecule has 56 valence electrons. The van der Waals surface area contributed by atoms with Gasteiger partial charge in [-0.15, -0.1) is 22.6 Å². The van der Waals surface area contributed by atoms with Gasteiger partial charge in [0.2, 0.25) is 0 Å². The summed E-state index contributed by atoms with van der Waals surface area (Å²) in [5.41, 5.74) is 0.887. The Bertz CT molecular complexity index is 285. The number of nitrogens with zero attached hydrogens (tertiary/aromatic N) is 3. The number of aromatic nitrogens is 3. The Kier molecular flexibility index (Phi) is 2.33. The third kappa shape index (κ3) is 1.43. The first-order valence-corrected chi connectivity index (χ1v) is 3.00. The van der Waals surface area contributed by atoms with Crippen molar-refractivity contribution >= 4 is 23.3 Å². The molecular formula is C7H6ClN3. The number of hydrogen-bond donors (Lipinski definition) is 0. The number of hydrogen-bond acceptors (Lipinski definition) is 3. The Morgan fingerprint density at radius 1 is 1.09 bits per heavy atom. The van der Waals surface area contributed by atoms with Crippen molar-refractivity contribution in [1.82, 2.24) is 15.4 Å². The third-order valence-electron chi connectivity index (χ3n) is 1.34. The Morgan fingerprint density at radius 3 is 2.73 bits per heavy atom. The zero-order chi connectivity index (χ0) is 6.81. The summed E-state index contributed by atoms with van der Waals surface area (Å²) >= 11 is 0. The Labute approximate surface area is 69.9 Å². The molecule has 0 bridgehead atoms. The molecule has 0 amide bonds. The van der Waals surface area contributed by atoms with Gasteiger partial charge in [0, 0.05) is 5.39 Å². The summed E-state index contributed by atoms with van der Waals surface area (Å²) in [7, 11) is 0. The van der Waals surface area contributed by atoms with Crippen LogP contribution >= 0.6 is 12.4 Å². The van der Waals surface area contributed by atoms with E-state index in [0.717, 1.165) is 10.9 Å². The molecule has 0 aliphatic rings. The molecule has 0 aliphatic heterocycles. The fraction of sp³-hybridized carbons (Fsp3) is 0. The second-order valence-corrected chi connectivity index (χ2v) is 1.99. The van der Waals surface area contributed by atoms with Crippen LogP contribution in [0.3, 0.4) is 0 Å². The highest BCUT2D eigenvalue weighted by Crippen LogP contribution is 2.05. The van der Waals surface area contributed by atoms with E-state index in [2.05, 4.69) is 15.4 Å². The van der Waals surface area contributed by atoms with Gasteiger partial charge < -0.3 is 0 Å². The van der Waals surface area contributed by atoms with E-state index in [-0.39, 0.29) is 12.4 Å². The van der Waals surface area contributed by atoms with Crippen LogP contribution in [0.2, 0.25) is 0 Å². The first-order chi connectivity index (χ1) is 4.97. The molecule has 2 rings (SSSR count). The van der Waals surface area contributed by atoms with Crippen LogP contribution in [-0.4, -0.2) is 15.4 Å². The van der Waals surface area contributed by atoms with Crippen molar-refractivity contribution in [1.29, 1.82) is 0 Å². The molecule has 3 nitrogen and oxygen atoms in total. The van der Waals surface area contributed by atoms with Gasteiger partial charge in [0.05, 0.1) is 11.7 Å². The highest BCUT2D eigenvalue weighted by atomic mass is 35.5. The largest absolute Gasteiger partial charge is 0.147 e. The maximum absolute atomic E-state index is 3.82. The molecule has 0 radical (unpaired) electrons. The summed E-state index contributed by atoms with van der Waals surface area (Å²) in [6, 6.07) is 7.74. The van der Waals surface area contributed by atoms with Crippen LogP contribution in [0.25, 0.3) is 10.9 Å². The van der Waals surface area contributed by atoms with Crippen LogP contribution < -0.4 is 0 Å². The Balaban J connectivity index is 0.000000605. The Morgan fingerprint density at radius 2 is 1.91 bits per heavy atom. The molecule has 4 heteroatoms. The summed E-state index contributed by atoms with van der Waals surface area (Å²) in [6.07, 6.45) is 1.70. The number of halogens is 1. The van der Waals surface area contributed by atoms with Gasteiger partial charge >= 0.3 is 0 Å². The lowest BCUT2D eigenvalue weighted by molar-refractivity contribution is 0.895. The predicted molar refractivity (Wildman–Crippen MR) is 44.6 cm³/mol. The average molecular weight is 168 g/mol. The van der Waals surface area contributed by atoms with Crippen molar-refractivity contribution in [3.63, 3.8) is 0 Å². The summed E-state index contributed by atoms with van der Waals surface area (Å²) in [6.45, 7) is 0. The molecule has 2 aromatic rings. The maximum Gasteiger partial charge on any atom is 0.0963 e. The summed E-state index contributed by atoms with van der Waals surface area (Å²) < 4.78 is 0. The van der Waals surface area contributed by atoms with Gasteiger partial charge in [-0.2, -0.15) is 0 Å². The quantitative estimate of drug-likeness (QED) is 0.596. The molecule has 0 fully saturated rings. The lowest BCUT2D eigenvalue weighted by Crippen LogP contribution is -1.85. The standard InChI is InChI=1S/C7H5N3.ClH/c1-2-4-7-6(3-1)5-8-10-9-7;/h1-5H;1H. The SMILES string of the molecule is Cl.c1ccc2nnncc2c1. The van der Waals surface area contributed by atoms with Gasteiger partial charge in [0.25, 0.3) is 0 Å². The van der Waals surface area contributed by atoms with Crippen LogP contribution in [0.15, 0.2) is 30.5 Å². The molecule has 11 heavy (non-hydrogen) atoms. The molecule has 1 heterocycles. The Hall–Kier alpha value is -1.22. The van der Waals surface area contributed by atoms with Crippen molar-refractivity contribution < 1.29 is 0 Å². The maximum atomic E-state index is 3.82. The monoisotopic (exact) mass is 167 g/mol. The zero-order valence-corrected chi connectivity index (χ0v) is 6.45. The average Bonchev–Trinajstić information content (AvgIpc) is 2.05. The van der Waals surface area contributed by atoms with E-state index >= 15 is 0 Å². The van der Waals surface area contributed by atoms with Gasteiger partial charge in [0.15, 0.2) is 0 Å². The molecular weight excluding hydrogens is 162 g/mol. The van der Waals surface area contributed by atoms with Gasteiger partial charge in [-0.3, -0.25) is 0 Å². The molecule has 0 saturated carbocycles. The van der Waals surface area contributed by atoms with Crippen molar-refractivity contribution in [3.05, 3.63) is 30.5 Å². The molecule has 1 aromatic carbocycles. The van der Waals surface area contributed by atoms with Crippen LogP contribution in [0.1, 0.15) is 0 Å². The van der Waals surface area contributed by atoms with Crippen LogP contribution in [0.4, 0.5) is 0 Å². The van der Waals surface area contributed by atoms with Gasteiger partial charge in [-0.1, -0.05) is 18.2 Å². The summed E-state index contributed by atoms with van der Waals surface area (Å²) in [5.74, 6) is 0. The molecule has 0 spiro atoms. The first-order valence-electron chi connectivity index (χ1n) is 3.00. The predicted octanol–water partition coefficient (Wildman–Crippen LogP) is 1.45. The minimum atomic E-state index is 0. The molecule has 1 aromatic heterocycles. The van der Waals surface area contributed by atoms with Crippen molar-refractivity contribution in [3.8, 4) is 0 Å².